The van der Waals surface area contributed by atoms with Gasteiger partial charge in [-0.25, -0.2) is 0 Å². The van der Waals surface area contributed by atoms with E-state index in [1.165, 1.54) is 16.5 Å². The van der Waals surface area contributed by atoms with Crippen LogP contribution in [0.1, 0.15) is 16.7 Å². The highest BCUT2D eigenvalue weighted by Gasteiger charge is 2.19. The van der Waals surface area contributed by atoms with Crippen LogP contribution in [0.4, 0.5) is 5.88 Å². The van der Waals surface area contributed by atoms with Crippen LogP contribution in [0.2, 0.25) is 0 Å². The van der Waals surface area contributed by atoms with Gasteiger partial charge in [-0.05, 0) is 41.1 Å². The van der Waals surface area contributed by atoms with Crippen LogP contribution in [-0.2, 0) is 12.8 Å². The number of hydrogen-bond acceptors (Lipinski definition) is 5. The van der Waals surface area contributed by atoms with Crippen molar-refractivity contribution >= 4 is 27.6 Å². The number of aromatic amines is 1. The topological polar surface area (TPSA) is 92.8 Å². The van der Waals surface area contributed by atoms with E-state index in [2.05, 4.69) is 81.1 Å². The van der Waals surface area contributed by atoms with Gasteiger partial charge in [0.1, 0.15) is 5.69 Å². The van der Waals surface area contributed by atoms with E-state index in [1.807, 2.05) is 36.8 Å². The number of rotatable bonds is 8. The molecule has 0 aliphatic carbocycles. The number of pyridine rings is 1. The minimum Gasteiger partial charge on any atom is -0.361 e. The minimum atomic E-state index is -0.0875. The third-order valence-corrected chi connectivity index (χ3v) is 6.61. The fourth-order valence-corrected chi connectivity index (χ4v) is 4.75. The summed E-state index contributed by atoms with van der Waals surface area (Å²) < 4.78 is 5.86. The summed E-state index contributed by atoms with van der Waals surface area (Å²) in [6.45, 7) is 0.569. The second-order valence-corrected chi connectivity index (χ2v) is 9.14. The predicted octanol–water partition coefficient (Wildman–Crippen LogP) is 5.94. The van der Waals surface area contributed by atoms with Gasteiger partial charge in [0, 0.05) is 65.0 Å². The third kappa shape index (κ3) is 4.46. The Morgan fingerprint density at radius 1 is 0.944 bits per heavy atom. The monoisotopic (exact) mass is 473 g/mol. The highest BCUT2D eigenvalue weighted by Crippen LogP contribution is 2.32. The van der Waals surface area contributed by atoms with Crippen molar-refractivity contribution in [2.45, 2.75) is 18.9 Å². The Kier molecular flexibility index (Phi) is 5.93. The molecule has 0 fully saturated rings. The Morgan fingerprint density at radius 2 is 1.81 bits per heavy atom. The first-order chi connectivity index (χ1) is 17.7. The van der Waals surface area contributed by atoms with Crippen molar-refractivity contribution in [3.63, 3.8) is 0 Å². The summed E-state index contributed by atoms with van der Waals surface area (Å²) in [6.07, 6.45) is 7.18. The second kappa shape index (κ2) is 9.68. The molecule has 178 valence electrons. The molecular weight excluding hydrogens is 446 g/mol. The van der Waals surface area contributed by atoms with Crippen molar-refractivity contribution in [3.8, 4) is 11.3 Å². The van der Waals surface area contributed by atoms with Gasteiger partial charge < -0.3 is 20.6 Å². The molecule has 3 aromatic carbocycles. The number of para-hydroxylation sites is 1. The lowest BCUT2D eigenvalue weighted by molar-refractivity contribution is 0.432. The van der Waals surface area contributed by atoms with Gasteiger partial charge in [0.25, 0.3) is 0 Å². The molecule has 0 spiro atoms. The van der Waals surface area contributed by atoms with Crippen molar-refractivity contribution in [2.24, 2.45) is 5.73 Å². The minimum absolute atomic E-state index is 0.0875. The summed E-state index contributed by atoms with van der Waals surface area (Å²) >= 11 is 0. The number of fused-ring (bicyclic) bond motifs is 2. The van der Waals surface area contributed by atoms with Crippen LogP contribution in [0, 0.1) is 0 Å². The Hall–Kier alpha value is -4.42. The van der Waals surface area contributed by atoms with Gasteiger partial charge >= 0.3 is 0 Å². The molecule has 0 radical (unpaired) electrons. The molecule has 0 bridgehead atoms. The lowest BCUT2D eigenvalue weighted by Crippen LogP contribution is -2.31. The van der Waals surface area contributed by atoms with Gasteiger partial charge in [-0.3, -0.25) is 4.98 Å². The number of benzene rings is 3. The van der Waals surface area contributed by atoms with Gasteiger partial charge in [0.15, 0.2) is 0 Å². The molecule has 6 nitrogen and oxygen atoms in total. The van der Waals surface area contributed by atoms with Crippen molar-refractivity contribution < 1.29 is 4.52 Å². The standard InChI is InChI=1S/C30H27N5O/c31-25(16-24-18-33-28-9-5-4-8-26(24)28)19-34-30-27(14-20-6-2-1-3-7-20)29(35-36-30)22-10-11-23-17-32-13-12-21(23)15-22/h1-13,15,17-18,25,33-34H,14,16,19,31H2. The van der Waals surface area contributed by atoms with Crippen LogP contribution in [-0.4, -0.2) is 27.7 Å². The van der Waals surface area contributed by atoms with E-state index in [-0.39, 0.29) is 6.04 Å². The Labute approximate surface area is 209 Å². The first-order valence-electron chi connectivity index (χ1n) is 12.2. The summed E-state index contributed by atoms with van der Waals surface area (Å²) in [5.41, 5.74) is 13.0. The van der Waals surface area contributed by atoms with Crippen molar-refractivity contribution in [2.75, 3.05) is 11.9 Å². The summed E-state index contributed by atoms with van der Waals surface area (Å²) in [5, 5.41) is 11.4. The molecule has 3 aromatic heterocycles. The average Bonchev–Trinajstić information content (AvgIpc) is 3.52. The fourth-order valence-electron chi connectivity index (χ4n) is 4.75. The van der Waals surface area contributed by atoms with Gasteiger partial charge in [0.05, 0.1) is 0 Å². The molecule has 0 aliphatic heterocycles. The number of nitrogens with one attached hydrogen (secondary N) is 2. The maximum absolute atomic E-state index is 6.54. The van der Waals surface area contributed by atoms with E-state index in [0.29, 0.717) is 18.8 Å². The molecule has 1 unspecified atom stereocenters. The van der Waals surface area contributed by atoms with Gasteiger partial charge in [-0.2, -0.15) is 0 Å². The quantitative estimate of drug-likeness (QED) is 0.254. The fraction of sp³-hybridized carbons (Fsp3) is 0.133. The smallest absolute Gasteiger partial charge is 0.228 e. The maximum atomic E-state index is 6.54. The Morgan fingerprint density at radius 3 is 2.72 bits per heavy atom. The third-order valence-electron chi connectivity index (χ3n) is 6.61. The number of nitrogens with zero attached hydrogens (tertiary/aromatic N) is 2. The van der Waals surface area contributed by atoms with Gasteiger partial charge in [-0.1, -0.05) is 65.8 Å². The van der Waals surface area contributed by atoms with Crippen LogP contribution in [0.15, 0.2) is 102 Å². The van der Waals surface area contributed by atoms with Crippen molar-refractivity contribution in [1.82, 2.24) is 15.1 Å². The highest BCUT2D eigenvalue weighted by atomic mass is 16.5. The first kappa shape index (κ1) is 22.1. The number of nitrogens with two attached hydrogens (primary N) is 1. The van der Waals surface area contributed by atoms with Crippen LogP contribution in [0.25, 0.3) is 32.9 Å². The molecule has 4 N–H and O–H groups in total. The number of anilines is 1. The van der Waals surface area contributed by atoms with Crippen LogP contribution >= 0.6 is 0 Å². The molecule has 6 aromatic rings. The lowest BCUT2D eigenvalue weighted by Gasteiger charge is -2.13. The Bertz CT molecular complexity index is 1620. The molecule has 0 amide bonds. The summed E-state index contributed by atoms with van der Waals surface area (Å²) in [5.74, 6) is 0.665. The molecule has 0 aliphatic rings. The van der Waals surface area contributed by atoms with Crippen LogP contribution < -0.4 is 11.1 Å². The molecule has 3 heterocycles. The normalized spacial score (nSPS) is 12.2. The van der Waals surface area contributed by atoms with Gasteiger partial charge in [0.2, 0.25) is 5.88 Å². The molecule has 1 atom stereocenters. The predicted molar refractivity (Wildman–Crippen MR) is 145 cm³/mol. The molecular formula is C30H27N5O. The molecule has 0 saturated carbocycles. The van der Waals surface area contributed by atoms with E-state index in [0.717, 1.165) is 39.5 Å². The van der Waals surface area contributed by atoms with Crippen molar-refractivity contribution in [3.05, 3.63) is 114 Å². The van der Waals surface area contributed by atoms with E-state index in [9.17, 15) is 0 Å². The zero-order valence-corrected chi connectivity index (χ0v) is 19.8. The van der Waals surface area contributed by atoms with Crippen LogP contribution in [0.3, 0.4) is 0 Å². The van der Waals surface area contributed by atoms with E-state index in [1.54, 1.807) is 0 Å². The largest absolute Gasteiger partial charge is 0.361 e. The van der Waals surface area contributed by atoms with E-state index in [4.69, 9.17) is 10.3 Å². The van der Waals surface area contributed by atoms with Crippen LogP contribution in [0.5, 0.6) is 0 Å². The molecule has 0 saturated heterocycles. The summed E-state index contributed by atoms with van der Waals surface area (Å²) in [4.78, 5) is 7.55. The van der Waals surface area contributed by atoms with Crippen molar-refractivity contribution in [1.29, 1.82) is 0 Å². The summed E-state index contributed by atoms with van der Waals surface area (Å²) in [7, 11) is 0. The molecule has 36 heavy (non-hydrogen) atoms. The number of aromatic nitrogens is 3. The first-order valence-corrected chi connectivity index (χ1v) is 12.2. The van der Waals surface area contributed by atoms with E-state index < -0.39 is 0 Å². The van der Waals surface area contributed by atoms with E-state index >= 15 is 0 Å². The molecule has 6 rings (SSSR count). The zero-order chi connectivity index (χ0) is 24.3. The average molecular weight is 474 g/mol. The molecule has 6 heteroatoms. The second-order valence-electron chi connectivity index (χ2n) is 9.14. The number of H-pyrrole nitrogens is 1. The zero-order valence-electron chi connectivity index (χ0n) is 19.8. The summed E-state index contributed by atoms with van der Waals surface area (Å²) in [6, 6.07) is 26.9. The Balaban J connectivity index is 1.27. The number of hydrogen-bond donors (Lipinski definition) is 3. The van der Waals surface area contributed by atoms with Gasteiger partial charge in [-0.15, -0.1) is 0 Å². The maximum Gasteiger partial charge on any atom is 0.228 e. The lowest BCUT2D eigenvalue weighted by atomic mass is 9.99. The highest BCUT2D eigenvalue weighted by molar-refractivity contribution is 5.87. The SMILES string of the molecule is NC(CNc1onc(-c2ccc3cnccc3c2)c1Cc1ccccc1)Cc1c[nH]c2ccccc12.